The molecule has 0 bridgehead atoms. The van der Waals surface area contributed by atoms with E-state index in [2.05, 4.69) is 13.8 Å². The van der Waals surface area contributed by atoms with Crippen molar-refractivity contribution >= 4 is 11.6 Å². The first-order valence-electron chi connectivity index (χ1n) is 10.9. The van der Waals surface area contributed by atoms with Gasteiger partial charge in [-0.3, -0.25) is 9.59 Å². The highest BCUT2D eigenvalue weighted by Gasteiger charge is 2.53. The number of para-hydroxylation sites is 1. The van der Waals surface area contributed by atoms with Gasteiger partial charge in [0.15, 0.2) is 5.78 Å². The minimum absolute atomic E-state index is 0.0334. The van der Waals surface area contributed by atoms with Crippen molar-refractivity contribution in [1.82, 2.24) is 0 Å². The minimum atomic E-state index is -0.410. The molecular formula is C25H32O4. The van der Waals surface area contributed by atoms with Crippen molar-refractivity contribution in [2.75, 3.05) is 0 Å². The van der Waals surface area contributed by atoms with Gasteiger partial charge in [-0.25, -0.2) is 0 Å². The summed E-state index contributed by atoms with van der Waals surface area (Å²) in [5.41, 5.74) is 0.974. The molecule has 1 aromatic carbocycles. The van der Waals surface area contributed by atoms with Crippen molar-refractivity contribution < 1.29 is 19.4 Å². The van der Waals surface area contributed by atoms with Crippen molar-refractivity contribution in [1.29, 1.82) is 0 Å². The molecule has 1 heterocycles. The Hall–Kier alpha value is -2.10. The molecule has 4 nitrogen and oxygen atoms in total. The number of allylic oxidation sites excluding steroid dienone is 2. The van der Waals surface area contributed by atoms with Crippen molar-refractivity contribution in [3.8, 4) is 5.75 Å². The van der Waals surface area contributed by atoms with E-state index >= 15 is 0 Å². The van der Waals surface area contributed by atoms with Crippen molar-refractivity contribution in [2.24, 2.45) is 16.7 Å². The largest absolute Gasteiger partial charge is 0.512 e. The fraction of sp³-hybridized carbons (Fsp3) is 0.600. The van der Waals surface area contributed by atoms with Crippen LogP contribution in [0.25, 0.3) is 0 Å². The van der Waals surface area contributed by atoms with Gasteiger partial charge in [0.25, 0.3) is 0 Å². The third kappa shape index (κ3) is 3.51. The second kappa shape index (κ2) is 7.00. The lowest BCUT2D eigenvalue weighted by atomic mass is 9.59. The van der Waals surface area contributed by atoms with E-state index in [-0.39, 0.29) is 34.3 Å². The molecule has 1 fully saturated rings. The summed E-state index contributed by atoms with van der Waals surface area (Å²) in [5.74, 6) is 0.208. The van der Waals surface area contributed by atoms with E-state index < -0.39 is 11.8 Å². The maximum Gasteiger partial charge on any atom is 0.163 e. The zero-order valence-electron chi connectivity index (χ0n) is 18.0. The smallest absolute Gasteiger partial charge is 0.163 e. The maximum absolute atomic E-state index is 13.4. The maximum atomic E-state index is 13.4. The number of carbonyl (C=O) groups excluding carboxylic acids is 2. The molecule has 1 aromatic rings. The third-order valence-electron chi connectivity index (χ3n) is 7.02. The molecule has 4 heteroatoms. The molecule has 1 aliphatic heterocycles. The molecule has 3 aliphatic rings. The SMILES string of the molecule is CCCC1(C)CC(=O)C2C(C1)Oc1ccccc1C2C1=C(O)CC(C)(C)CC1=O. The second-order valence-corrected chi connectivity index (χ2v) is 10.4. The lowest BCUT2D eigenvalue weighted by Crippen LogP contribution is -2.50. The molecule has 0 aromatic heterocycles. The number of hydrogen-bond acceptors (Lipinski definition) is 4. The topological polar surface area (TPSA) is 63.6 Å². The van der Waals surface area contributed by atoms with Crippen LogP contribution in [0.3, 0.4) is 0 Å². The van der Waals surface area contributed by atoms with Crippen LogP contribution in [0.2, 0.25) is 0 Å². The van der Waals surface area contributed by atoms with E-state index in [1.807, 2.05) is 38.1 Å². The zero-order valence-corrected chi connectivity index (χ0v) is 18.0. The van der Waals surface area contributed by atoms with Crippen LogP contribution in [0.15, 0.2) is 35.6 Å². The molecule has 0 spiro atoms. The fourth-order valence-electron chi connectivity index (χ4n) is 5.93. The number of carbonyl (C=O) groups is 2. The van der Waals surface area contributed by atoms with Gasteiger partial charge in [-0.1, -0.05) is 52.3 Å². The Morgan fingerprint density at radius 3 is 2.52 bits per heavy atom. The number of ether oxygens (including phenoxy) is 1. The fourth-order valence-corrected chi connectivity index (χ4v) is 5.93. The predicted molar refractivity (Wildman–Crippen MR) is 112 cm³/mol. The van der Waals surface area contributed by atoms with Gasteiger partial charge in [-0.15, -0.1) is 0 Å². The Bertz CT molecular complexity index is 881. The van der Waals surface area contributed by atoms with E-state index in [1.54, 1.807) is 0 Å². The highest BCUT2D eigenvalue weighted by atomic mass is 16.5. The number of Topliss-reactive ketones (excluding diaryl/α,β-unsaturated/α-hetero) is 2. The van der Waals surface area contributed by atoms with E-state index in [0.717, 1.165) is 30.6 Å². The van der Waals surface area contributed by atoms with Gasteiger partial charge >= 0.3 is 0 Å². The number of benzene rings is 1. The van der Waals surface area contributed by atoms with E-state index in [9.17, 15) is 14.7 Å². The second-order valence-electron chi connectivity index (χ2n) is 10.4. The molecule has 0 radical (unpaired) electrons. The molecule has 156 valence electrons. The van der Waals surface area contributed by atoms with E-state index in [4.69, 9.17) is 4.74 Å². The minimum Gasteiger partial charge on any atom is -0.512 e. The van der Waals surface area contributed by atoms with Gasteiger partial charge in [0.2, 0.25) is 0 Å². The lowest BCUT2D eigenvalue weighted by molar-refractivity contribution is -0.136. The summed E-state index contributed by atoms with van der Waals surface area (Å²) >= 11 is 0. The number of fused-ring (bicyclic) bond motifs is 2. The molecule has 0 saturated heterocycles. The Morgan fingerprint density at radius 2 is 1.83 bits per heavy atom. The van der Waals surface area contributed by atoms with Crippen molar-refractivity contribution in [3.63, 3.8) is 0 Å². The molecule has 4 rings (SSSR count). The standard InChI is InChI=1S/C25H32O4/c1-5-10-25(4)13-18(28)23-20(14-25)29-19-9-7-6-8-15(19)21(23)22-16(26)11-24(2,3)12-17(22)27/h6-9,20-21,23,26H,5,10-14H2,1-4H3. The van der Waals surface area contributed by atoms with Crippen LogP contribution in [-0.4, -0.2) is 22.8 Å². The van der Waals surface area contributed by atoms with E-state index in [0.29, 0.717) is 24.8 Å². The molecule has 4 unspecified atom stereocenters. The van der Waals surface area contributed by atoms with Crippen LogP contribution in [0.4, 0.5) is 0 Å². The molecule has 1 saturated carbocycles. The summed E-state index contributed by atoms with van der Waals surface area (Å²) in [7, 11) is 0. The van der Waals surface area contributed by atoms with Crippen LogP contribution in [0, 0.1) is 16.7 Å². The van der Waals surface area contributed by atoms with Crippen molar-refractivity contribution in [2.45, 2.75) is 78.2 Å². The Labute approximate surface area is 173 Å². The van der Waals surface area contributed by atoms with Gasteiger partial charge < -0.3 is 9.84 Å². The molecule has 2 aliphatic carbocycles. The van der Waals surface area contributed by atoms with Crippen LogP contribution in [0.5, 0.6) is 5.75 Å². The number of aliphatic hydroxyl groups excluding tert-OH is 1. The van der Waals surface area contributed by atoms with Crippen LogP contribution in [-0.2, 0) is 9.59 Å². The molecular weight excluding hydrogens is 364 g/mol. The summed E-state index contributed by atoms with van der Waals surface area (Å²) in [6, 6.07) is 7.70. The summed E-state index contributed by atoms with van der Waals surface area (Å²) in [6.07, 6.45) is 3.93. The predicted octanol–water partition coefficient (Wildman–Crippen LogP) is 5.52. The third-order valence-corrected chi connectivity index (χ3v) is 7.02. The number of hydrogen-bond donors (Lipinski definition) is 1. The average Bonchev–Trinajstić information content (AvgIpc) is 2.59. The summed E-state index contributed by atoms with van der Waals surface area (Å²) < 4.78 is 6.34. The van der Waals surface area contributed by atoms with Gasteiger partial charge in [-0.2, -0.15) is 0 Å². The summed E-state index contributed by atoms with van der Waals surface area (Å²) in [6.45, 7) is 8.32. The van der Waals surface area contributed by atoms with E-state index in [1.165, 1.54) is 0 Å². The first kappa shape index (κ1) is 20.2. The van der Waals surface area contributed by atoms with Crippen LogP contribution < -0.4 is 4.74 Å². The van der Waals surface area contributed by atoms with Crippen LogP contribution in [0.1, 0.15) is 77.7 Å². The lowest BCUT2D eigenvalue weighted by Gasteiger charge is -2.48. The Kier molecular flexibility index (Phi) is 4.87. The monoisotopic (exact) mass is 396 g/mol. The highest BCUT2D eigenvalue weighted by molar-refractivity contribution is 6.00. The first-order valence-corrected chi connectivity index (χ1v) is 10.9. The normalized spacial score (nSPS) is 33.7. The Balaban J connectivity index is 1.82. The Morgan fingerprint density at radius 1 is 1.10 bits per heavy atom. The highest BCUT2D eigenvalue weighted by Crippen LogP contribution is 2.54. The zero-order chi connectivity index (χ0) is 21.0. The average molecular weight is 397 g/mol. The van der Waals surface area contributed by atoms with Crippen molar-refractivity contribution in [3.05, 3.63) is 41.2 Å². The number of rotatable bonds is 3. The summed E-state index contributed by atoms with van der Waals surface area (Å²) in [4.78, 5) is 26.6. The van der Waals surface area contributed by atoms with Gasteiger partial charge in [0.05, 0.1) is 5.92 Å². The molecule has 0 amide bonds. The van der Waals surface area contributed by atoms with Gasteiger partial charge in [-0.05, 0) is 29.7 Å². The molecule has 4 atom stereocenters. The number of ketones is 2. The first-order chi connectivity index (χ1) is 13.6. The number of aliphatic hydroxyl groups is 1. The quantitative estimate of drug-likeness (QED) is 0.731. The van der Waals surface area contributed by atoms with Crippen LogP contribution >= 0.6 is 0 Å². The van der Waals surface area contributed by atoms with Gasteiger partial charge in [0.1, 0.15) is 23.4 Å². The van der Waals surface area contributed by atoms with Gasteiger partial charge in [0, 0.05) is 36.3 Å². The molecule has 1 N–H and O–H groups in total. The summed E-state index contributed by atoms with van der Waals surface area (Å²) in [5, 5.41) is 10.9. The molecule has 29 heavy (non-hydrogen) atoms.